The predicted octanol–water partition coefficient (Wildman–Crippen LogP) is 5.82. The minimum Gasteiger partial charge on any atom is -0.361 e. The summed E-state index contributed by atoms with van der Waals surface area (Å²) in [5, 5.41) is 0. The first-order valence-corrected chi connectivity index (χ1v) is 9.06. The van der Waals surface area contributed by atoms with Crippen molar-refractivity contribution in [3.8, 4) is 0 Å². The van der Waals surface area contributed by atoms with Crippen LogP contribution in [0.15, 0.2) is 51.3 Å². The Balaban J connectivity index is 1.75. The van der Waals surface area contributed by atoms with E-state index in [1.54, 1.807) is 0 Å². The lowest BCUT2D eigenvalue weighted by Gasteiger charge is -2.29. The van der Waals surface area contributed by atoms with Gasteiger partial charge in [0.2, 0.25) is 0 Å². The van der Waals surface area contributed by atoms with Gasteiger partial charge in [-0.1, -0.05) is 12.2 Å². The van der Waals surface area contributed by atoms with Crippen molar-refractivity contribution >= 4 is 11.8 Å². The fraction of sp³-hybridized carbons (Fsp3) is 0.409. The van der Waals surface area contributed by atoms with Crippen molar-refractivity contribution in [2.75, 3.05) is 0 Å². The Hall–Kier alpha value is -2.09. The third kappa shape index (κ3) is 2.45. The van der Waals surface area contributed by atoms with Crippen molar-refractivity contribution in [1.29, 1.82) is 0 Å². The number of allylic oxidation sites excluding steroid dienone is 7. The van der Waals surface area contributed by atoms with Gasteiger partial charge in [-0.25, -0.2) is 0 Å². The zero-order valence-electron chi connectivity index (χ0n) is 15.2. The number of hydrogen-bond donors (Lipinski definition) is 1. The molecule has 0 spiro atoms. The summed E-state index contributed by atoms with van der Waals surface area (Å²) in [6.07, 6.45) is 13.9. The Bertz CT molecular complexity index is 853. The first kappa shape index (κ1) is 15.4. The number of aromatic nitrogens is 1. The van der Waals surface area contributed by atoms with E-state index in [9.17, 15) is 0 Å². The molecule has 2 aliphatic carbocycles. The zero-order chi connectivity index (χ0) is 16.8. The lowest BCUT2D eigenvalue weighted by atomic mass is 9.76. The van der Waals surface area contributed by atoms with E-state index >= 15 is 0 Å². The number of aliphatic imine (C=N–C) groups is 1. The van der Waals surface area contributed by atoms with Gasteiger partial charge in [0.15, 0.2) is 0 Å². The average molecular weight is 318 g/mol. The van der Waals surface area contributed by atoms with E-state index in [0.29, 0.717) is 0 Å². The van der Waals surface area contributed by atoms with Gasteiger partial charge in [-0.15, -0.1) is 0 Å². The molecule has 0 amide bonds. The minimum atomic E-state index is 0.727. The second-order valence-electron chi connectivity index (χ2n) is 7.50. The number of rotatable bonds is 1. The summed E-state index contributed by atoms with van der Waals surface area (Å²) in [5.41, 5.74) is 12.3. The molecule has 0 saturated carbocycles. The molecular formula is C22H26N2. The van der Waals surface area contributed by atoms with E-state index in [-0.39, 0.29) is 0 Å². The maximum absolute atomic E-state index is 4.66. The van der Waals surface area contributed by atoms with Gasteiger partial charge < -0.3 is 4.98 Å². The first-order valence-electron chi connectivity index (χ1n) is 9.06. The maximum atomic E-state index is 4.66. The quantitative estimate of drug-likeness (QED) is 0.676. The van der Waals surface area contributed by atoms with Crippen molar-refractivity contribution in [1.82, 2.24) is 4.98 Å². The summed E-state index contributed by atoms with van der Waals surface area (Å²) in [4.78, 5) is 8.14. The normalized spacial score (nSPS) is 26.6. The lowest BCUT2D eigenvalue weighted by Crippen LogP contribution is -2.14. The molecule has 1 aromatic heterocycles. The van der Waals surface area contributed by atoms with Crippen molar-refractivity contribution in [3.05, 3.63) is 63.2 Å². The number of nitrogens with one attached hydrogen (secondary N) is 1. The number of fused-ring (bicyclic) bond motifs is 1. The summed E-state index contributed by atoms with van der Waals surface area (Å²) in [5.74, 6) is 0.727. The molecule has 0 bridgehead atoms. The molecule has 1 aromatic rings. The summed E-state index contributed by atoms with van der Waals surface area (Å²) >= 11 is 0. The second kappa shape index (κ2) is 5.77. The molecule has 124 valence electrons. The van der Waals surface area contributed by atoms with E-state index in [1.807, 2.05) is 6.21 Å². The molecular weight excluding hydrogens is 292 g/mol. The molecule has 0 unspecified atom stereocenters. The number of nitrogens with zero attached hydrogens (tertiary/aromatic N) is 1. The van der Waals surface area contributed by atoms with Crippen LogP contribution in [0.3, 0.4) is 0 Å². The van der Waals surface area contributed by atoms with E-state index in [0.717, 1.165) is 12.3 Å². The fourth-order valence-electron chi connectivity index (χ4n) is 4.14. The summed E-state index contributed by atoms with van der Waals surface area (Å²) in [6, 6.07) is 0. The standard InChI is InChI=1S/C22H26N2/c1-13-11-23-21(15(13)3)18-7-5-17-6-8-19(10-20(17)9-18)22-16(4)14(2)12-24-22/h9-12,17,23H,5-8H2,1-4H3/b22-19-/t17-/m1/s1. The van der Waals surface area contributed by atoms with Crippen LogP contribution in [0.1, 0.15) is 56.4 Å². The van der Waals surface area contributed by atoms with Crippen LogP contribution in [0, 0.1) is 19.8 Å². The molecule has 24 heavy (non-hydrogen) atoms. The highest BCUT2D eigenvalue weighted by Crippen LogP contribution is 2.42. The molecule has 0 aromatic carbocycles. The number of hydrogen-bond acceptors (Lipinski definition) is 1. The van der Waals surface area contributed by atoms with Crippen molar-refractivity contribution < 1.29 is 0 Å². The Labute approximate surface area is 144 Å². The number of aromatic amines is 1. The van der Waals surface area contributed by atoms with Crippen LogP contribution in [-0.4, -0.2) is 11.2 Å². The van der Waals surface area contributed by atoms with Gasteiger partial charge in [0, 0.05) is 18.1 Å². The molecule has 3 aliphatic rings. The van der Waals surface area contributed by atoms with Gasteiger partial charge in [0.1, 0.15) is 0 Å². The van der Waals surface area contributed by atoms with Crippen LogP contribution in [0.4, 0.5) is 0 Å². The molecule has 4 rings (SSSR count). The number of aryl methyl sites for hydroxylation is 1. The van der Waals surface area contributed by atoms with Crippen LogP contribution in [-0.2, 0) is 0 Å². The molecule has 1 N–H and O–H groups in total. The average Bonchev–Trinajstić information content (AvgIpc) is 3.10. The molecule has 1 aliphatic heterocycles. The zero-order valence-corrected chi connectivity index (χ0v) is 15.2. The van der Waals surface area contributed by atoms with Gasteiger partial charge >= 0.3 is 0 Å². The van der Waals surface area contributed by atoms with Crippen LogP contribution < -0.4 is 0 Å². The molecule has 1 atom stereocenters. The van der Waals surface area contributed by atoms with Gasteiger partial charge in [-0.2, -0.15) is 0 Å². The van der Waals surface area contributed by atoms with Crippen molar-refractivity contribution in [2.45, 2.75) is 53.4 Å². The largest absolute Gasteiger partial charge is 0.361 e. The molecule has 2 heteroatoms. The molecule has 2 nitrogen and oxygen atoms in total. The van der Waals surface area contributed by atoms with Crippen molar-refractivity contribution in [2.24, 2.45) is 10.9 Å². The summed E-state index contributed by atoms with van der Waals surface area (Å²) in [6.45, 7) is 8.75. The Morgan fingerprint density at radius 3 is 2.50 bits per heavy atom. The fourth-order valence-corrected chi connectivity index (χ4v) is 4.14. The third-order valence-corrected chi connectivity index (χ3v) is 6.04. The Kier molecular flexibility index (Phi) is 3.71. The van der Waals surface area contributed by atoms with Gasteiger partial charge in [-0.3, -0.25) is 4.99 Å². The predicted molar refractivity (Wildman–Crippen MR) is 102 cm³/mol. The van der Waals surface area contributed by atoms with Gasteiger partial charge in [0.25, 0.3) is 0 Å². The molecule has 0 fully saturated rings. The summed E-state index contributed by atoms with van der Waals surface area (Å²) in [7, 11) is 0. The smallest absolute Gasteiger partial charge is 0.0694 e. The van der Waals surface area contributed by atoms with E-state index in [1.165, 1.54) is 69.6 Å². The van der Waals surface area contributed by atoms with E-state index in [4.69, 9.17) is 0 Å². The van der Waals surface area contributed by atoms with Crippen LogP contribution in [0.25, 0.3) is 5.57 Å². The minimum absolute atomic E-state index is 0.727. The Morgan fingerprint density at radius 1 is 1.04 bits per heavy atom. The van der Waals surface area contributed by atoms with E-state index in [2.05, 4.69) is 56.0 Å². The highest BCUT2D eigenvalue weighted by Gasteiger charge is 2.26. The monoisotopic (exact) mass is 318 g/mol. The van der Waals surface area contributed by atoms with Crippen LogP contribution in [0.2, 0.25) is 0 Å². The van der Waals surface area contributed by atoms with Gasteiger partial charge in [-0.05, 0) is 98.3 Å². The second-order valence-corrected chi connectivity index (χ2v) is 7.50. The van der Waals surface area contributed by atoms with Gasteiger partial charge in [0.05, 0.1) is 5.70 Å². The maximum Gasteiger partial charge on any atom is 0.0694 e. The first-order chi connectivity index (χ1) is 11.5. The molecule has 0 radical (unpaired) electrons. The number of H-pyrrole nitrogens is 1. The highest BCUT2D eigenvalue weighted by molar-refractivity contribution is 5.85. The van der Waals surface area contributed by atoms with Crippen LogP contribution >= 0.6 is 0 Å². The SMILES string of the molecule is CC1=C(C)/C(=C2/C=C3C=C(c4[nH]cc(C)c4C)CC[C@@H]3CC2)N=C1. The van der Waals surface area contributed by atoms with Crippen molar-refractivity contribution in [3.63, 3.8) is 0 Å². The Morgan fingerprint density at radius 2 is 1.83 bits per heavy atom. The van der Waals surface area contributed by atoms with E-state index < -0.39 is 0 Å². The summed E-state index contributed by atoms with van der Waals surface area (Å²) < 4.78 is 0. The topological polar surface area (TPSA) is 28.1 Å². The molecule has 2 heterocycles. The lowest BCUT2D eigenvalue weighted by molar-refractivity contribution is 0.511. The third-order valence-electron chi connectivity index (χ3n) is 6.04. The van der Waals surface area contributed by atoms with Crippen LogP contribution in [0.5, 0.6) is 0 Å². The highest BCUT2D eigenvalue weighted by atomic mass is 14.8. The molecule has 0 saturated heterocycles.